The molecule has 0 heterocycles. The molecule has 6 nitrogen and oxygen atoms in total. The number of carbonyl (C=O) groups excluding carboxylic acids is 3. The number of esters is 3. The topological polar surface area (TPSA) is 78.9 Å². The molecule has 0 N–H and O–H groups in total. The third kappa shape index (κ3) is 60.5. The van der Waals surface area contributed by atoms with Crippen LogP contribution < -0.4 is 0 Å². The Hall–Kier alpha value is -6.27. The van der Waals surface area contributed by atoms with Crippen LogP contribution in [0.15, 0.2) is 219 Å². The van der Waals surface area contributed by atoms with Crippen LogP contribution in [0.5, 0.6) is 0 Å². The zero-order valence-electron chi connectivity index (χ0n) is 48.1. The fourth-order valence-corrected chi connectivity index (χ4v) is 6.73. The number of ether oxygens (including phenoxy) is 3. The van der Waals surface area contributed by atoms with Crippen molar-refractivity contribution in [3.63, 3.8) is 0 Å². The van der Waals surface area contributed by atoms with Crippen LogP contribution in [0.1, 0.15) is 188 Å². The summed E-state index contributed by atoms with van der Waals surface area (Å²) in [5.41, 5.74) is 0. The van der Waals surface area contributed by atoms with Gasteiger partial charge in [-0.3, -0.25) is 14.4 Å². The second-order valence-electron chi connectivity index (χ2n) is 18.0. The standard InChI is InChI=1S/C71H102O6/c1-4-7-10-13-16-19-22-25-28-31-34-35-38-40-43-46-49-52-55-58-61-64-70(73)76-67-68(77-71(74)65-62-59-56-53-50-47-44-41-37-33-30-27-24-21-18-15-12-9-6-3)66-75-69(72)63-60-57-54-51-48-45-42-39-36-32-29-26-23-20-17-14-11-8-5-2/h7-12,16-21,25-30,34-37,39-41,43,45,47-50,52,54,56-57,59,68H,4-6,13-15,22-24,31-33,38,42,44,46,51,53,55,58,60-67H2,1-3H3/b10-7-,11-8-,12-9-,19-16-,20-17-,21-18-,28-25-,29-26-,30-27-,35-34-,39-36-,41-37-,43-40-,48-45-,50-47-,52-49-,57-54-,59-56-. The van der Waals surface area contributed by atoms with Crippen molar-refractivity contribution in [2.24, 2.45) is 0 Å². The minimum absolute atomic E-state index is 0.165. The van der Waals surface area contributed by atoms with Gasteiger partial charge in [0.2, 0.25) is 0 Å². The van der Waals surface area contributed by atoms with E-state index in [-0.39, 0.29) is 38.4 Å². The van der Waals surface area contributed by atoms with Gasteiger partial charge >= 0.3 is 17.9 Å². The first-order chi connectivity index (χ1) is 38.0. The number of rotatable bonds is 49. The molecule has 0 amide bonds. The van der Waals surface area contributed by atoms with Crippen molar-refractivity contribution in [2.75, 3.05) is 13.2 Å². The highest BCUT2D eigenvalue weighted by molar-refractivity contribution is 5.71. The summed E-state index contributed by atoms with van der Waals surface area (Å²) in [7, 11) is 0. The Balaban J connectivity index is 4.75. The summed E-state index contributed by atoms with van der Waals surface area (Å²) in [5, 5.41) is 0. The zero-order chi connectivity index (χ0) is 55.7. The molecule has 0 aromatic rings. The fourth-order valence-electron chi connectivity index (χ4n) is 6.73. The van der Waals surface area contributed by atoms with Crippen LogP contribution in [0, 0.1) is 0 Å². The molecule has 0 saturated carbocycles. The number of hydrogen-bond donors (Lipinski definition) is 0. The SMILES string of the molecule is CC/C=C\C/C=C\C/C=C\C/C=C\C/C=C\C/C=C\CCCCC(=O)OCC(COC(=O)CC/C=C\C/C=C\C/C=C\C/C=C\C/C=C\C/C=C\CC)OC(=O)CC/C=C\C/C=C\C/C=C\C/C=C\C/C=C\C/C=C\CC. The summed E-state index contributed by atoms with van der Waals surface area (Å²) in [5.74, 6) is -1.20. The maximum atomic E-state index is 12.8. The van der Waals surface area contributed by atoms with E-state index in [9.17, 15) is 14.4 Å². The van der Waals surface area contributed by atoms with Crippen molar-refractivity contribution in [3.05, 3.63) is 219 Å². The molecule has 0 fully saturated rings. The predicted octanol–water partition coefficient (Wildman–Crippen LogP) is 20.2. The van der Waals surface area contributed by atoms with Gasteiger partial charge in [0.1, 0.15) is 13.2 Å². The van der Waals surface area contributed by atoms with E-state index in [0.717, 1.165) is 128 Å². The van der Waals surface area contributed by atoms with Crippen LogP contribution in [0.3, 0.4) is 0 Å². The molecule has 422 valence electrons. The lowest BCUT2D eigenvalue weighted by molar-refractivity contribution is -0.166. The van der Waals surface area contributed by atoms with E-state index in [0.29, 0.717) is 19.3 Å². The van der Waals surface area contributed by atoms with Crippen LogP contribution >= 0.6 is 0 Å². The van der Waals surface area contributed by atoms with Gasteiger partial charge in [-0.15, -0.1) is 0 Å². The summed E-state index contributed by atoms with van der Waals surface area (Å²) in [4.78, 5) is 38.2. The molecular formula is C71H102O6. The highest BCUT2D eigenvalue weighted by atomic mass is 16.6. The lowest BCUT2D eigenvalue weighted by Crippen LogP contribution is -2.30. The Kier molecular flexibility index (Phi) is 57.2. The summed E-state index contributed by atoms with van der Waals surface area (Å²) in [6.07, 6.45) is 98.1. The Bertz CT molecular complexity index is 1980. The average Bonchev–Trinajstić information content (AvgIpc) is 3.43. The van der Waals surface area contributed by atoms with Gasteiger partial charge in [-0.2, -0.15) is 0 Å². The van der Waals surface area contributed by atoms with Gasteiger partial charge in [0.15, 0.2) is 6.10 Å². The van der Waals surface area contributed by atoms with E-state index in [1.165, 1.54) is 0 Å². The maximum absolute atomic E-state index is 12.8. The quantitative estimate of drug-likeness (QED) is 0.0261. The highest BCUT2D eigenvalue weighted by Gasteiger charge is 2.19. The average molecular weight is 1050 g/mol. The zero-order valence-corrected chi connectivity index (χ0v) is 48.1. The first-order valence-electron chi connectivity index (χ1n) is 29.2. The molecule has 6 heteroatoms. The van der Waals surface area contributed by atoms with Gasteiger partial charge in [0, 0.05) is 19.3 Å². The first-order valence-corrected chi connectivity index (χ1v) is 29.2. The largest absolute Gasteiger partial charge is 0.462 e. The molecule has 0 bridgehead atoms. The Morgan fingerprint density at radius 3 is 0.753 bits per heavy atom. The van der Waals surface area contributed by atoms with E-state index in [1.807, 2.05) is 24.3 Å². The molecule has 0 aliphatic rings. The molecule has 0 aliphatic carbocycles. The molecule has 0 aromatic heterocycles. The molecule has 1 unspecified atom stereocenters. The summed E-state index contributed by atoms with van der Waals surface area (Å²) in [6.45, 7) is 6.10. The minimum atomic E-state index is -0.884. The number of unbranched alkanes of at least 4 members (excludes halogenated alkanes) is 2. The number of hydrogen-bond acceptors (Lipinski definition) is 6. The van der Waals surface area contributed by atoms with Crippen molar-refractivity contribution >= 4 is 17.9 Å². The van der Waals surface area contributed by atoms with E-state index in [2.05, 4.69) is 215 Å². The van der Waals surface area contributed by atoms with Crippen molar-refractivity contribution in [3.8, 4) is 0 Å². The van der Waals surface area contributed by atoms with Gasteiger partial charge < -0.3 is 14.2 Å². The van der Waals surface area contributed by atoms with E-state index < -0.39 is 18.0 Å². The van der Waals surface area contributed by atoms with Gasteiger partial charge in [-0.1, -0.05) is 240 Å². The summed E-state index contributed by atoms with van der Waals surface area (Å²) in [6, 6.07) is 0. The van der Waals surface area contributed by atoms with Gasteiger partial charge in [-0.25, -0.2) is 0 Å². The summed E-state index contributed by atoms with van der Waals surface area (Å²) >= 11 is 0. The van der Waals surface area contributed by atoms with Crippen molar-refractivity contribution < 1.29 is 28.6 Å². The molecule has 0 aromatic carbocycles. The second-order valence-corrected chi connectivity index (χ2v) is 18.0. The molecule has 0 rings (SSSR count). The molecule has 0 radical (unpaired) electrons. The first kappa shape index (κ1) is 70.7. The van der Waals surface area contributed by atoms with Crippen molar-refractivity contribution in [1.82, 2.24) is 0 Å². The van der Waals surface area contributed by atoms with Crippen LogP contribution in [-0.4, -0.2) is 37.2 Å². The Morgan fingerprint density at radius 2 is 0.481 bits per heavy atom. The fraction of sp³-hybridized carbons (Fsp3) is 0.451. The normalized spacial score (nSPS) is 13.8. The molecule has 1 atom stereocenters. The minimum Gasteiger partial charge on any atom is -0.462 e. The van der Waals surface area contributed by atoms with Crippen LogP contribution in [0.2, 0.25) is 0 Å². The van der Waals surface area contributed by atoms with E-state index in [4.69, 9.17) is 14.2 Å². The van der Waals surface area contributed by atoms with Crippen LogP contribution in [0.25, 0.3) is 0 Å². The summed E-state index contributed by atoms with van der Waals surface area (Å²) < 4.78 is 16.7. The molecule has 0 aliphatic heterocycles. The van der Waals surface area contributed by atoms with Gasteiger partial charge in [-0.05, 0) is 148 Å². The molecule has 0 spiro atoms. The Labute approximate surface area is 470 Å². The van der Waals surface area contributed by atoms with Gasteiger partial charge in [0.25, 0.3) is 0 Å². The lowest BCUT2D eigenvalue weighted by Gasteiger charge is -2.18. The van der Waals surface area contributed by atoms with Crippen LogP contribution in [0.4, 0.5) is 0 Å². The van der Waals surface area contributed by atoms with Crippen LogP contribution in [-0.2, 0) is 28.6 Å². The smallest absolute Gasteiger partial charge is 0.306 e. The predicted molar refractivity (Wildman–Crippen MR) is 333 cm³/mol. The number of carbonyl (C=O) groups is 3. The number of allylic oxidation sites excluding steroid dienone is 36. The molecular weight excluding hydrogens is 949 g/mol. The lowest BCUT2D eigenvalue weighted by atomic mass is 10.2. The van der Waals surface area contributed by atoms with E-state index in [1.54, 1.807) is 0 Å². The third-order valence-corrected chi connectivity index (χ3v) is 11.0. The van der Waals surface area contributed by atoms with Crippen molar-refractivity contribution in [1.29, 1.82) is 0 Å². The highest BCUT2D eigenvalue weighted by Crippen LogP contribution is 2.08. The second kappa shape index (κ2) is 62.3. The van der Waals surface area contributed by atoms with Crippen molar-refractivity contribution in [2.45, 2.75) is 194 Å². The third-order valence-electron chi connectivity index (χ3n) is 11.0. The monoisotopic (exact) mass is 1050 g/mol. The van der Waals surface area contributed by atoms with Gasteiger partial charge in [0.05, 0.1) is 0 Å². The molecule has 77 heavy (non-hydrogen) atoms. The molecule has 0 saturated heterocycles. The maximum Gasteiger partial charge on any atom is 0.306 e. The van der Waals surface area contributed by atoms with E-state index >= 15 is 0 Å². The Morgan fingerprint density at radius 1 is 0.260 bits per heavy atom.